The smallest absolute Gasteiger partial charge is 0.329 e. The summed E-state index contributed by atoms with van der Waals surface area (Å²) in [5, 5.41) is 12.0. The first-order valence-corrected chi connectivity index (χ1v) is 6.89. The van der Waals surface area contributed by atoms with Crippen molar-refractivity contribution in [2.75, 3.05) is 6.54 Å². The van der Waals surface area contributed by atoms with Gasteiger partial charge in [0.1, 0.15) is 12.1 Å². The molecule has 0 aromatic carbocycles. The van der Waals surface area contributed by atoms with Crippen LogP contribution in [-0.2, 0) is 9.59 Å². The van der Waals surface area contributed by atoms with Crippen LogP contribution in [0.15, 0.2) is 0 Å². The number of nitrogens with one attached hydrogen (secondary N) is 1. The molecule has 1 rings (SSSR count). The van der Waals surface area contributed by atoms with Crippen molar-refractivity contribution in [2.24, 2.45) is 5.73 Å². The zero-order valence-electron chi connectivity index (χ0n) is 12.0. The number of primary amides is 1. The van der Waals surface area contributed by atoms with Gasteiger partial charge in [-0.25, -0.2) is 9.59 Å². The van der Waals surface area contributed by atoms with Gasteiger partial charge < -0.3 is 21.1 Å². The minimum Gasteiger partial charge on any atom is -0.480 e. The Morgan fingerprint density at radius 1 is 1.25 bits per heavy atom. The third-order valence-corrected chi connectivity index (χ3v) is 3.67. The molecule has 7 nitrogen and oxygen atoms in total. The monoisotopic (exact) mass is 285 g/mol. The summed E-state index contributed by atoms with van der Waals surface area (Å²) in [6, 6.07) is -0.792. The van der Waals surface area contributed by atoms with Gasteiger partial charge in [-0.1, -0.05) is 19.3 Å². The Hall–Kier alpha value is -1.79. The molecule has 0 unspecified atom stereocenters. The van der Waals surface area contributed by atoms with Gasteiger partial charge in [-0.15, -0.1) is 0 Å². The number of aliphatic carboxylic acids is 1. The lowest BCUT2D eigenvalue weighted by atomic mass is 9.82. The molecule has 0 heterocycles. The number of urea groups is 1. The van der Waals surface area contributed by atoms with Crippen molar-refractivity contribution in [3.63, 3.8) is 0 Å². The highest BCUT2D eigenvalue weighted by atomic mass is 16.4. The van der Waals surface area contributed by atoms with Crippen molar-refractivity contribution in [3.05, 3.63) is 0 Å². The molecule has 0 aromatic heterocycles. The molecular weight excluding hydrogens is 262 g/mol. The van der Waals surface area contributed by atoms with E-state index in [4.69, 9.17) is 5.73 Å². The third-order valence-electron chi connectivity index (χ3n) is 3.67. The third kappa shape index (κ3) is 3.85. The summed E-state index contributed by atoms with van der Waals surface area (Å²) in [4.78, 5) is 36.0. The molecule has 20 heavy (non-hydrogen) atoms. The molecule has 0 bridgehead atoms. The number of carbonyl (C=O) groups excluding carboxylic acids is 2. The van der Waals surface area contributed by atoms with E-state index in [9.17, 15) is 19.5 Å². The molecule has 1 aliphatic carbocycles. The van der Waals surface area contributed by atoms with Gasteiger partial charge in [0.15, 0.2) is 0 Å². The molecule has 0 atom stereocenters. The predicted molar refractivity (Wildman–Crippen MR) is 73.0 cm³/mol. The van der Waals surface area contributed by atoms with E-state index in [0.29, 0.717) is 12.8 Å². The molecule has 1 fully saturated rings. The van der Waals surface area contributed by atoms with E-state index in [0.717, 1.165) is 19.3 Å². The lowest BCUT2D eigenvalue weighted by Crippen LogP contribution is -2.60. The average Bonchev–Trinajstić information content (AvgIpc) is 2.36. The van der Waals surface area contributed by atoms with Gasteiger partial charge in [-0.2, -0.15) is 0 Å². The van der Waals surface area contributed by atoms with Crippen LogP contribution >= 0.6 is 0 Å². The zero-order valence-corrected chi connectivity index (χ0v) is 12.0. The maximum atomic E-state index is 12.2. The van der Waals surface area contributed by atoms with Crippen molar-refractivity contribution in [2.45, 2.75) is 57.5 Å². The van der Waals surface area contributed by atoms with Crippen molar-refractivity contribution >= 4 is 17.9 Å². The fourth-order valence-corrected chi connectivity index (χ4v) is 2.48. The van der Waals surface area contributed by atoms with Gasteiger partial charge in [0.2, 0.25) is 5.91 Å². The van der Waals surface area contributed by atoms with Crippen molar-refractivity contribution < 1.29 is 19.5 Å². The average molecular weight is 285 g/mol. The van der Waals surface area contributed by atoms with E-state index in [1.54, 1.807) is 13.8 Å². The standard InChI is InChI=1S/C13H23N3O4/c1-9(2)16(8-10(14)17)12(20)15-13(11(18)19)6-4-3-5-7-13/h9H,3-8H2,1-2H3,(H2,14,17)(H,15,20)(H,18,19). The molecule has 1 aliphatic rings. The number of nitrogens with zero attached hydrogens (tertiary/aromatic N) is 1. The Morgan fingerprint density at radius 2 is 1.80 bits per heavy atom. The number of carboxylic acid groups (broad SMARTS) is 1. The lowest BCUT2D eigenvalue weighted by molar-refractivity contribution is -0.146. The van der Waals surface area contributed by atoms with Crippen molar-refractivity contribution in [3.8, 4) is 0 Å². The van der Waals surface area contributed by atoms with E-state index >= 15 is 0 Å². The number of carboxylic acids is 1. The quantitative estimate of drug-likeness (QED) is 0.689. The fraction of sp³-hybridized carbons (Fsp3) is 0.769. The van der Waals surface area contributed by atoms with Gasteiger partial charge in [-0.05, 0) is 26.7 Å². The first-order valence-electron chi connectivity index (χ1n) is 6.89. The van der Waals surface area contributed by atoms with Gasteiger partial charge >= 0.3 is 12.0 Å². The summed E-state index contributed by atoms with van der Waals surface area (Å²) in [6.07, 6.45) is 3.33. The minimum atomic E-state index is -1.22. The number of carbonyl (C=O) groups is 3. The van der Waals surface area contributed by atoms with Crippen LogP contribution in [0.2, 0.25) is 0 Å². The molecule has 4 N–H and O–H groups in total. The zero-order chi connectivity index (χ0) is 15.3. The van der Waals surface area contributed by atoms with Gasteiger partial charge in [0.05, 0.1) is 0 Å². The van der Waals surface area contributed by atoms with E-state index in [1.165, 1.54) is 4.90 Å². The first-order chi connectivity index (χ1) is 9.28. The van der Waals surface area contributed by atoms with E-state index in [2.05, 4.69) is 5.32 Å². The van der Waals surface area contributed by atoms with E-state index in [-0.39, 0.29) is 12.6 Å². The topological polar surface area (TPSA) is 113 Å². The van der Waals surface area contributed by atoms with E-state index in [1.807, 2.05) is 0 Å². The van der Waals surface area contributed by atoms with Crippen molar-refractivity contribution in [1.29, 1.82) is 0 Å². The van der Waals surface area contributed by atoms with Gasteiger partial charge in [0, 0.05) is 6.04 Å². The molecule has 114 valence electrons. The summed E-state index contributed by atoms with van der Waals surface area (Å²) in [5.74, 6) is -1.64. The molecule has 0 saturated heterocycles. The maximum Gasteiger partial charge on any atom is 0.329 e. The molecule has 0 radical (unpaired) electrons. The highest BCUT2D eigenvalue weighted by molar-refractivity contribution is 5.88. The lowest BCUT2D eigenvalue weighted by Gasteiger charge is -2.36. The molecule has 0 spiro atoms. The number of hydrogen-bond donors (Lipinski definition) is 3. The molecule has 0 aliphatic heterocycles. The second kappa shape index (κ2) is 6.58. The van der Waals surface area contributed by atoms with Crippen LogP contribution in [0.5, 0.6) is 0 Å². The summed E-state index contributed by atoms with van der Waals surface area (Å²) in [5.41, 5.74) is 3.90. The van der Waals surface area contributed by atoms with Crippen LogP contribution in [0.4, 0.5) is 4.79 Å². The number of hydrogen-bond acceptors (Lipinski definition) is 3. The van der Waals surface area contributed by atoms with Crippen LogP contribution in [0, 0.1) is 0 Å². The van der Waals surface area contributed by atoms with Crippen LogP contribution in [0.3, 0.4) is 0 Å². The Morgan fingerprint density at radius 3 is 2.20 bits per heavy atom. The molecule has 1 saturated carbocycles. The summed E-state index contributed by atoms with van der Waals surface area (Å²) in [7, 11) is 0. The van der Waals surface area contributed by atoms with Crippen LogP contribution in [-0.4, -0.2) is 46.0 Å². The number of nitrogens with two attached hydrogens (primary N) is 1. The van der Waals surface area contributed by atoms with Crippen LogP contribution < -0.4 is 11.1 Å². The SMILES string of the molecule is CC(C)N(CC(N)=O)C(=O)NC1(C(=O)O)CCCCC1. The van der Waals surface area contributed by atoms with Crippen molar-refractivity contribution in [1.82, 2.24) is 10.2 Å². The molecule has 3 amide bonds. The largest absolute Gasteiger partial charge is 0.480 e. The summed E-state index contributed by atoms with van der Waals surface area (Å²) >= 11 is 0. The minimum absolute atomic E-state index is 0.223. The Labute approximate surface area is 118 Å². The van der Waals surface area contributed by atoms with Gasteiger partial charge in [0.25, 0.3) is 0 Å². The Balaban J connectivity index is 2.83. The maximum absolute atomic E-state index is 12.2. The second-order valence-electron chi connectivity index (χ2n) is 5.57. The van der Waals surface area contributed by atoms with Gasteiger partial charge in [-0.3, -0.25) is 4.79 Å². The molecule has 0 aromatic rings. The summed E-state index contributed by atoms with van der Waals surface area (Å²) < 4.78 is 0. The first kappa shape index (κ1) is 16.3. The van der Waals surface area contributed by atoms with Crippen LogP contribution in [0.1, 0.15) is 46.0 Å². The number of amides is 3. The molecular formula is C13H23N3O4. The fourth-order valence-electron chi connectivity index (χ4n) is 2.48. The summed E-state index contributed by atoms with van der Waals surface area (Å²) in [6.45, 7) is 3.27. The second-order valence-corrected chi connectivity index (χ2v) is 5.57. The highest BCUT2D eigenvalue weighted by Gasteiger charge is 2.42. The predicted octanol–water partition coefficient (Wildman–Crippen LogP) is 0.679. The van der Waals surface area contributed by atoms with E-state index < -0.39 is 23.4 Å². The normalized spacial score (nSPS) is 17.6. The Kier molecular flexibility index (Phi) is 5.35. The highest BCUT2D eigenvalue weighted by Crippen LogP contribution is 2.28. The molecule has 7 heteroatoms. The Bertz CT molecular complexity index is 389. The number of rotatable bonds is 5. The van der Waals surface area contributed by atoms with Crippen LogP contribution in [0.25, 0.3) is 0 Å².